The van der Waals surface area contributed by atoms with Crippen LogP contribution in [-0.2, 0) is 9.59 Å². The molecule has 1 aliphatic carbocycles. The van der Waals surface area contributed by atoms with Gasteiger partial charge < -0.3 is 10.6 Å². The monoisotopic (exact) mass is 265 g/mol. The van der Waals surface area contributed by atoms with Crippen molar-refractivity contribution < 1.29 is 9.59 Å². The largest absolute Gasteiger partial charge is 0.354 e. The summed E-state index contributed by atoms with van der Waals surface area (Å²) in [6.45, 7) is 6.25. The molecule has 0 bridgehead atoms. The SMILES string of the molecule is CC(C)CNC(=O)C(C)NC(=O)C1(C#N)CCCC1. The first-order valence-electron chi connectivity index (χ1n) is 6.91. The van der Waals surface area contributed by atoms with Gasteiger partial charge in [0.05, 0.1) is 6.07 Å². The highest BCUT2D eigenvalue weighted by molar-refractivity contribution is 5.91. The van der Waals surface area contributed by atoms with Gasteiger partial charge in [-0.15, -0.1) is 0 Å². The summed E-state index contributed by atoms with van der Waals surface area (Å²) in [4.78, 5) is 23.9. The molecule has 2 amide bonds. The second-order valence-electron chi connectivity index (χ2n) is 5.74. The summed E-state index contributed by atoms with van der Waals surface area (Å²) >= 11 is 0. The molecule has 106 valence electrons. The predicted octanol–water partition coefficient (Wildman–Crippen LogP) is 1.35. The molecule has 1 saturated carbocycles. The van der Waals surface area contributed by atoms with E-state index in [1.807, 2.05) is 13.8 Å². The lowest BCUT2D eigenvalue weighted by Crippen LogP contribution is -2.49. The first-order chi connectivity index (χ1) is 8.91. The number of nitrogens with one attached hydrogen (secondary N) is 2. The number of amides is 2. The van der Waals surface area contributed by atoms with Gasteiger partial charge in [0.2, 0.25) is 11.8 Å². The fraction of sp³-hybridized carbons (Fsp3) is 0.786. The molecular weight excluding hydrogens is 242 g/mol. The highest BCUT2D eigenvalue weighted by Crippen LogP contribution is 2.37. The zero-order chi connectivity index (χ0) is 14.5. The minimum atomic E-state index is -0.924. The van der Waals surface area contributed by atoms with E-state index in [1.165, 1.54) is 0 Å². The van der Waals surface area contributed by atoms with Gasteiger partial charge in [-0.1, -0.05) is 26.7 Å². The minimum Gasteiger partial charge on any atom is -0.354 e. The van der Waals surface area contributed by atoms with E-state index in [2.05, 4.69) is 16.7 Å². The second-order valence-corrected chi connectivity index (χ2v) is 5.74. The van der Waals surface area contributed by atoms with Gasteiger partial charge >= 0.3 is 0 Å². The Balaban J connectivity index is 2.52. The normalized spacial score (nSPS) is 18.7. The maximum absolute atomic E-state index is 12.1. The van der Waals surface area contributed by atoms with Crippen molar-refractivity contribution in [1.29, 1.82) is 5.26 Å². The summed E-state index contributed by atoms with van der Waals surface area (Å²) in [5.41, 5.74) is -0.924. The molecular formula is C14H23N3O2. The van der Waals surface area contributed by atoms with Crippen molar-refractivity contribution in [3.05, 3.63) is 0 Å². The lowest BCUT2D eigenvalue weighted by atomic mass is 9.87. The van der Waals surface area contributed by atoms with Crippen molar-refractivity contribution in [3.63, 3.8) is 0 Å². The zero-order valence-electron chi connectivity index (χ0n) is 12.0. The highest BCUT2D eigenvalue weighted by atomic mass is 16.2. The third kappa shape index (κ3) is 3.95. The third-order valence-corrected chi connectivity index (χ3v) is 3.53. The average molecular weight is 265 g/mol. The maximum atomic E-state index is 12.1. The van der Waals surface area contributed by atoms with Gasteiger partial charge in [0.25, 0.3) is 0 Å². The number of nitriles is 1. The van der Waals surface area contributed by atoms with Gasteiger partial charge in [-0.2, -0.15) is 5.26 Å². The van der Waals surface area contributed by atoms with Crippen LogP contribution in [0.2, 0.25) is 0 Å². The number of hydrogen-bond donors (Lipinski definition) is 2. The Morgan fingerprint density at radius 2 is 1.84 bits per heavy atom. The molecule has 1 fully saturated rings. The summed E-state index contributed by atoms with van der Waals surface area (Å²) in [5.74, 6) is -0.139. The van der Waals surface area contributed by atoms with Gasteiger partial charge in [-0.05, 0) is 25.7 Å². The lowest BCUT2D eigenvalue weighted by molar-refractivity contribution is -0.132. The van der Waals surface area contributed by atoms with E-state index in [4.69, 9.17) is 0 Å². The number of carbonyl (C=O) groups excluding carboxylic acids is 2. The molecule has 0 aromatic rings. The molecule has 19 heavy (non-hydrogen) atoms. The highest BCUT2D eigenvalue weighted by Gasteiger charge is 2.42. The Morgan fingerprint density at radius 3 is 2.32 bits per heavy atom. The standard InChI is InChI=1S/C14H23N3O2/c1-10(2)8-16-12(18)11(3)17-13(19)14(9-15)6-4-5-7-14/h10-11H,4-8H2,1-3H3,(H,16,18)(H,17,19). The Kier molecular flexibility index (Phi) is 5.34. The van der Waals surface area contributed by atoms with Crippen LogP contribution in [0, 0.1) is 22.7 Å². The molecule has 0 saturated heterocycles. The molecule has 5 nitrogen and oxygen atoms in total. The van der Waals surface area contributed by atoms with Crippen LogP contribution in [-0.4, -0.2) is 24.4 Å². The first kappa shape index (κ1) is 15.5. The molecule has 0 aliphatic heterocycles. The topological polar surface area (TPSA) is 82.0 Å². The van der Waals surface area contributed by atoms with Crippen LogP contribution in [0.15, 0.2) is 0 Å². The fourth-order valence-electron chi connectivity index (χ4n) is 2.23. The summed E-state index contributed by atoms with van der Waals surface area (Å²) < 4.78 is 0. The Morgan fingerprint density at radius 1 is 1.26 bits per heavy atom. The summed E-state index contributed by atoms with van der Waals surface area (Å²) in [6, 6.07) is 1.53. The number of carbonyl (C=O) groups is 2. The van der Waals surface area contributed by atoms with E-state index in [9.17, 15) is 14.9 Å². The molecule has 0 heterocycles. The lowest BCUT2D eigenvalue weighted by Gasteiger charge is -2.22. The van der Waals surface area contributed by atoms with Crippen LogP contribution in [0.3, 0.4) is 0 Å². The van der Waals surface area contributed by atoms with Crippen LogP contribution in [0.4, 0.5) is 0 Å². The smallest absolute Gasteiger partial charge is 0.242 e. The zero-order valence-corrected chi connectivity index (χ0v) is 12.0. The van der Waals surface area contributed by atoms with Crippen molar-refractivity contribution in [1.82, 2.24) is 10.6 Å². The van der Waals surface area contributed by atoms with Crippen LogP contribution >= 0.6 is 0 Å². The molecule has 2 N–H and O–H groups in total. The average Bonchev–Trinajstić information content (AvgIpc) is 2.85. The van der Waals surface area contributed by atoms with Crippen LogP contribution in [0.25, 0.3) is 0 Å². The summed E-state index contributed by atoms with van der Waals surface area (Å²) in [7, 11) is 0. The second kappa shape index (κ2) is 6.55. The molecule has 0 aromatic carbocycles. The van der Waals surface area contributed by atoms with Crippen LogP contribution in [0.1, 0.15) is 46.5 Å². The van der Waals surface area contributed by atoms with Crippen LogP contribution in [0.5, 0.6) is 0 Å². The van der Waals surface area contributed by atoms with E-state index in [1.54, 1.807) is 6.92 Å². The van der Waals surface area contributed by atoms with E-state index in [0.29, 0.717) is 25.3 Å². The molecule has 0 aromatic heterocycles. The Labute approximate surface area is 114 Å². The number of rotatable bonds is 5. The van der Waals surface area contributed by atoms with Gasteiger partial charge in [0.15, 0.2) is 0 Å². The van der Waals surface area contributed by atoms with Crippen molar-refractivity contribution in [2.75, 3.05) is 6.54 Å². The molecule has 5 heteroatoms. The molecule has 1 aliphatic rings. The minimum absolute atomic E-state index is 0.201. The van der Waals surface area contributed by atoms with Gasteiger partial charge in [-0.3, -0.25) is 9.59 Å². The van der Waals surface area contributed by atoms with Crippen molar-refractivity contribution in [2.45, 2.75) is 52.5 Å². The molecule has 1 unspecified atom stereocenters. The Bertz CT molecular complexity index is 379. The van der Waals surface area contributed by atoms with E-state index < -0.39 is 11.5 Å². The molecule has 1 atom stereocenters. The van der Waals surface area contributed by atoms with Gasteiger partial charge in [0, 0.05) is 6.54 Å². The molecule has 0 spiro atoms. The van der Waals surface area contributed by atoms with Crippen LogP contribution < -0.4 is 10.6 Å². The van der Waals surface area contributed by atoms with E-state index >= 15 is 0 Å². The van der Waals surface area contributed by atoms with Gasteiger partial charge in [0.1, 0.15) is 11.5 Å². The predicted molar refractivity (Wildman–Crippen MR) is 72.0 cm³/mol. The maximum Gasteiger partial charge on any atom is 0.242 e. The van der Waals surface area contributed by atoms with Gasteiger partial charge in [-0.25, -0.2) is 0 Å². The van der Waals surface area contributed by atoms with E-state index in [-0.39, 0.29) is 11.8 Å². The van der Waals surface area contributed by atoms with Crippen molar-refractivity contribution in [3.8, 4) is 6.07 Å². The summed E-state index contributed by atoms with van der Waals surface area (Å²) in [5, 5.41) is 14.6. The molecule has 1 rings (SSSR count). The number of nitrogens with zero attached hydrogens (tertiary/aromatic N) is 1. The van der Waals surface area contributed by atoms with E-state index in [0.717, 1.165) is 12.8 Å². The quantitative estimate of drug-likeness (QED) is 0.787. The molecule has 0 radical (unpaired) electrons. The fourth-order valence-corrected chi connectivity index (χ4v) is 2.23. The van der Waals surface area contributed by atoms with Crippen molar-refractivity contribution >= 4 is 11.8 Å². The third-order valence-electron chi connectivity index (χ3n) is 3.53. The number of hydrogen-bond acceptors (Lipinski definition) is 3. The first-order valence-corrected chi connectivity index (χ1v) is 6.91. The summed E-state index contributed by atoms with van der Waals surface area (Å²) in [6.07, 6.45) is 2.98. The van der Waals surface area contributed by atoms with Crippen molar-refractivity contribution in [2.24, 2.45) is 11.3 Å². The Hall–Kier alpha value is -1.57.